The van der Waals surface area contributed by atoms with Gasteiger partial charge in [0.2, 0.25) is 10.0 Å². The SMILES string of the molecule is Cc1nn(C)c(Cl)c1S(=O)(=O)N1CCN(C(C)c2nc3ccccc3c(=O)n2C)CC1. The number of benzene rings is 1. The summed E-state index contributed by atoms with van der Waals surface area (Å²) in [7, 11) is -0.396. The Morgan fingerprint density at radius 2 is 1.74 bits per heavy atom. The fourth-order valence-electron chi connectivity index (χ4n) is 4.14. The summed E-state index contributed by atoms with van der Waals surface area (Å²) in [6, 6.07) is 7.14. The lowest BCUT2D eigenvalue weighted by Crippen LogP contribution is -2.49. The van der Waals surface area contributed by atoms with E-state index in [-0.39, 0.29) is 21.6 Å². The largest absolute Gasteiger partial charge is 0.298 e. The molecule has 1 unspecified atom stereocenters. The van der Waals surface area contributed by atoms with Crippen molar-refractivity contribution in [2.24, 2.45) is 14.1 Å². The van der Waals surface area contributed by atoms with Crippen LogP contribution in [0.3, 0.4) is 0 Å². The number of para-hydroxylation sites is 1. The molecule has 0 amide bonds. The molecule has 0 aliphatic carbocycles. The van der Waals surface area contributed by atoms with Gasteiger partial charge in [-0.2, -0.15) is 9.40 Å². The molecular formula is C20H25ClN6O3S. The normalized spacial score (nSPS) is 17.3. The van der Waals surface area contributed by atoms with Crippen LogP contribution in [0.5, 0.6) is 0 Å². The van der Waals surface area contributed by atoms with Crippen molar-refractivity contribution in [2.45, 2.75) is 24.8 Å². The molecule has 1 fully saturated rings. The predicted molar refractivity (Wildman–Crippen MR) is 119 cm³/mol. The Morgan fingerprint density at radius 1 is 1.10 bits per heavy atom. The van der Waals surface area contributed by atoms with Crippen LogP contribution in [0.2, 0.25) is 5.15 Å². The first kappa shape index (κ1) is 21.9. The Bertz CT molecular complexity index is 1310. The van der Waals surface area contributed by atoms with Crippen LogP contribution in [0.4, 0.5) is 0 Å². The summed E-state index contributed by atoms with van der Waals surface area (Å²) in [5.41, 5.74) is 0.962. The van der Waals surface area contributed by atoms with E-state index in [9.17, 15) is 13.2 Å². The fourth-order valence-corrected chi connectivity index (χ4v) is 6.26. The Hall–Kier alpha value is -2.27. The number of aromatic nitrogens is 4. The number of piperazine rings is 1. The Morgan fingerprint density at radius 3 is 2.35 bits per heavy atom. The van der Waals surface area contributed by atoms with Crippen molar-refractivity contribution in [3.05, 3.63) is 51.3 Å². The first-order valence-electron chi connectivity index (χ1n) is 10.0. The van der Waals surface area contributed by atoms with Crippen molar-refractivity contribution >= 4 is 32.5 Å². The summed E-state index contributed by atoms with van der Waals surface area (Å²) in [6.45, 7) is 5.30. The summed E-state index contributed by atoms with van der Waals surface area (Å²) < 4.78 is 30.7. The highest BCUT2D eigenvalue weighted by molar-refractivity contribution is 7.89. The molecule has 1 atom stereocenters. The third-order valence-electron chi connectivity index (χ3n) is 5.91. The molecule has 0 radical (unpaired) electrons. The first-order chi connectivity index (χ1) is 14.6. The van der Waals surface area contributed by atoms with E-state index in [1.54, 1.807) is 31.7 Å². The van der Waals surface area contributed by atoms with Gasteiger partial charge in [0.25, 0.3) is 5.56 Å². The van der Waals surface area contributed by atoms with Crippen molar-refractivity contribution in [3.8, 4) is 0 Å². The molecule has 1 aromatic carbocycles. The van der Waals surface area contributed by atoms with E-state index in [4.69, 9.17) is 16.6 Å². The highest BCUT2D eigenvalue weighted by Crippen LogP contribution is 2.29. The average molecular weight is 465 g/mol. The van der Waals surface area contributed by atoms with Crippen molar-refractivity contribution in [3.63, 3.8) is 0 Å². The van der Waals surface area contributed by atoms with Gasteiger partial charge in [0, 0.05) is 40.3 Å². The molecule has 0 spiro atoms. The number of hydrogen-bond donors (Lipinski definition) is 0. The molecular weight excluding hydrogens is 440 g/mol. The van der Waals surface area contributed by atoms with Gasteiger partial charge in [-0.3, -0.25) is 18.9 Å². The summed E-state index contributed by atoms with van der Waals surface area (Å²) >= 11 is 6.20. The number of nitrogens with zero attached hydrogens (tertiary/aromatic N) is 6. The van der Waals surface area contributed by atoms with Crippen LogP contribution in [-0.2, 0) is 24.1 Å². The monoisotopic (exact) mass is 464 g/mol. The van der Waals surface area contributed by atoms with Gasteiger partial charge < -0.3 is 0 Å². The van der Waals surface area contributed by atoms with Gasteiger partial charge in [-0.1, -0.05) is 23.7 Å². The maximum absolute atomic E-state index is 13.1. The van der Waals surface area contributed by atoms with Crippen molar-refractivity contribution in [2.75, 3.05) is 26.2 Å². The molecule has 4 rings (SSSR count). The summed E-state index contributed by atoms with van der Waals surface area (Å²) in [6.07, 6.45) is 0. The van der Waals surface area contributed by atoms with Gasteiger partial charge in [0.1, 0.15) is 15.9 Å². The van der Waals surface area contributed by atoms with Crippen LogP contribution in [-0.4, -0.2) is 63.1 Å². The van der Waals surface area contributed by atoms with Crippen molar-refractivity contribution in [1.29, 1.82) is 0 Å². The van der Waals surface area contributed by atoms with E-state index in [1.165, 1.54) is 8.99 Å². The molecule has 2 aromatic heterocycles. The highest BCUT2D eigenvalue weighted by Gasteiger charge is 2.35. The Labute approximate surface area is 185 Å². The topological polar surface area (TPSA) is 93.3 Å². The number of fused-ring (bicyclic) bond motifs is 1. The van der Waals surface area contributed by atoms with Crippen molar-refractivity contribution in [1.82, 2.24) is 28.5 Å². The third-order valence-corrected chi connectivity index (χ3v) is 8.51. The molecule has 3 aromatic rings. The maximum Gasteiger partial charge on any atom is 0.261 e. The number of aryl methyl sites for hydroxylation is 2. The number of sulfonamides is 1. The molecule has 166 valence electrons. The van der Waals surface area contributed by atoms with Crippen LogP contribution in [0.1, 0.15) is 24.5 Å². The van der Waals surface area contributed by atoms with Crippen LogP contribution in [0.15, 0.2) is 34.0 Å². The van der Waals surface area contributed by atoms with Gasteiger partial charge in [-0.25, -0.2) is 13.4 Å². The number of rotatable bonds is 4. The van der Waals surface area contributed by atoms with E-state index in [0.717, 1.165) is 0 Å². The number of hydrogen-bond acceptors (Lipinski definition) is 6. The molecule has 0 saturated carbocycles. The lowest BCUT2D eigenvalue weighted by Gasteiger charge is -2.37. The minimum Gasteiger partial charge on any atom is -0.298 e. The van der Waals surface area contributed by atoms with E-state index in [2.05, 4.69) is 10.00 Å². The average Bonchev–Trinajstić information content (AvgIpc) is 3.02. The maximum atomic E-state index is 13.1. The quantitative estimate of drug-likeness (QED) is 0.583. The summed E-state index contributed by atoms with van der Waals surface area (Å²) in [4.78, 5) is 19.7. The number of halogens is 1. The third kappa shape index (κ3) is 3.67. The Kier molecular flexibility index (Phi) is 5.67. The molecule has 0 bridgehead atoms. The predicted octanol–water partition coefficient (Wildman–Crippen LogP) is 1.70. The molecule has 1 aliphatic heterocycles. The summed E-state index contributed by atoms with van der Waals surface area (Å²) in [5.74, 6) is 0.658. The molecule has 1 aliphatic rings. The molecule has 0 N–H and O–H groups in total. The van der Waals surface area contributed by atoms with E-state index < -0.39 is 10.0 Å². The van der Waals surface area contributed by atoms with Gasteiger partial charge >= 0.3 is 0 Å². The van der Waals surface area contributed by atoms with Gasteiger partial charge in [-0.05, 0) is 26.0 Å². The van der Waals surface area contributed by atoms with Gasteiger partial charge in [-0.15, -0.1) is 0 Å². The van der Waals surface area contributed by atoms with Gasteiger partial charge in [0.05, 0.1) is 22.6 Å². The first-order valence-corrected chi connectivity index (χ1v) is 11.8. The smallest absolute Gasteiger partial charge is 0.261 e. The van der Waals surface area contributed by atoms with Crippen molar-refractivity contribution < 1.29 is 8.42 Å². The summed E-state index contributed by atoms with van der Waals surface area (Å²) in [5, 5.41) is 4.82. The molecule has 1 saturated heterocycles. The molecule has 11 heteroatoms. The van der Waals surface area contributed by atoms with Gasteiger partial charge in [0.15, 0.2) is 0 Å². The van der Waals surface area contributed by atoms with E-state index >= 15 is 0 Å². The van der Waals surface area contributed by atoms with E-state index in [1.807, 2.05) is 25.1 Å². The fraction of sp³-hybridized carbons (Fsp3) is 0.450. The zero-order valence-corrected chi connectivity index (χ0v) is 19.5. The Balaban J connectivity index is 1.56. The van der Waals surface area contributed by atoms with Crippen LogP contribution in [0, 0.1) is 6.92 Å². The van der Waals surface area contributed by atoms with E-state index in [0.29, 0.717) is 48.6 Å². The minimum atomic E-state index is -3.74. The second-order valence-corrected chi connectivity index (χ2v) is 10.0. The zero-order valence-electron chi connectivity index (χ0n) is 17.9. The zero-order chi connectivity index (χ0) is 22.5. The van der Waals surface area contributed by atoms with Crippen LogP contribution < -0.4 is 5.56 Å². The standard InChI is InChI=1S/C20H25ClN6O3S/c1-13-17(18(21)25(4)23-13)31(29,30)27-11-9-26(10-12-27)14(2)19-22-16-8-6-5-7-15(16)20(28)24(19)3/h5-8,14H,9-12H2,1-4H3. The lowest BCUT2D eigenvalue weighted by molar-refractivity contribution is 0.139. The second-order valence-electron chi connectivity index (χ2n) is 7.80. The minimum absolute atomic E-state index is 0.0664. The highest BCUT2D eigenvalue weighted by atomic mass is 35.5. The van der Waals surface area contributed by atoms with Crippen LogP contribution >= 0.6 is 11.6 Å². The molecule has 3 heterocycles. The molecule has 9 nitrogen and oxygen atoms in total. The second kappa shape index (κ2) is 8.01. The lowest BCUT2D eigenvalue weighted by atomic mass is 10.2. The molecule has 31 heavy (non-hydrogen) atoms. The van der Waals surface area contributed by atoms with Crippen LogP contribution in [0.25, 0.3) is 10.9 Å².